The first-order chi connectivity index (χ1) is 17.0. The maximum atomic E-state index is 12.9. The Morgan fingerprint density at radius 1 is 1.11 bits per heavy atom. The van der Waals surface area contributed by atoms with Gasteiger partial charge >= 0.3 is 6.03 Å². The van der Waals surface area contributed by atoms with Crippen molar-refractivity contribution in [2.24, 2.45) is 5.92 Å². The molecule has 8 nitrogen and oxygen atoms in total. The predicted octanol–water partition coefficient (Wildman–Crippen LogP) is 3.13. The lowest BCUT2D eigenvalue weighted by Crippen LogP contribution is -2.51. The van der Waals surface area contributed by atoms with E-state index in [0.717, 1.165) is 23.0 Å². The number of urea groups is 1. The van der Waals surface area contributed by atoms with Crippen LogP contribution >= 0.6 is 0 Å². The zero-order chi connectivity index (χ0) is 24.4. The van der Waals surface area contributed by atoms with Crippen molar-refractivity contribution in [1.82, 2.24) is 25.0 Å². The molecule has 3 atom stereocenters. The number of imide groups is 1. The van der Waals surface area contributed by atoms with Crippen LogP contribution in [0.15, 0.2) is 30.5 Å². The molecule has 3 unspecified atom stereocenters. The van der Waals surface area contributed by atoms with Crippen molar-refractivity contribution in [2.45, 2.75) is 63.5 Å². The highest BCUT2D eigenvalue weighted by molar-refractivity contribution is 6.04. The Balaban J connectivity index is 1.10. The van der Waals surface area contributed by atoms with Crippen molar-refractivity contribution in [2.75, 3.05) is 33.2 Å². The number of carbonyl (C=O) groups excluding carboxylic acids is 3. The summed E-state index contributed by atoms with van der Waals surface area (Å²) in [6.45, 7) is 3.50. The fourth-order valence-corrected chi connectivity index (χ4v) is 6.26. The molecule has 5 rings (SSSR count). The van der Waals surface area contributed by atoms with Crippen LogP contribution in [-0.4, -0.2) is 82.8 Å². The summed E-state index contributed by atoms with van der Waals surface area (Å²) in [7, 11) is 1.88. The van der Waals surface area contributed by atoms with E-state index in [2.05, 4.69) is 15.2 Å². The van der Waals surface area contributed by atoms with Gasteiger partial charge in [-0.2, -0.15) is 0 Å². The van der Waals surface area contributed by atoms with Crippen LogP contribution in [0.2, 0.25) is 0 Å². The third-order valence-corrected chi connectivity index (χ3v) is 8.20. The number of benzene rings is 1. The maximum absolute atomic E-state index is 12.9. The van der Waals surface area contributed by atoms with Crippen LogP contribution in [-0.2, 0) is 16.0 Å². The minimum Gasteiger partial charge on any atom is -0.361 e. The van der Waals surface area contributed by atoms with Crippen LogP contribution in [0.3, 0.4) is 0 Å². The topological polar surface area (TPSA) is 88.8 Å². The largest absolute Gasteiger partial charge is 0.361 e. The quantitative estimate of drug-likeness (QED) is 0.570. The zero-order valence-electron chi connectivity index (χ0n) is 20.7. The molecule has 0 bridgehead atoms. The number of nitrogens with zero attached hydrogens (tertiary/aromatic N) is 3. The van der Waals surface area contributed by atoms with E-state index in [9.17, 15) is 14.4 Å². The molecule has 1 aromatic heterocycles. The van der Waals surface area contributed by atoms with E-state index in [4.69, 9.17) is 0 Å². The number of para-hydroxylation sites is 1. The standard InChI is InChI=1S/C27H37N5O3/c1-30(18-20-7-6-15-31-14-5-4-10-24(20)31)25(33)12-11-23-26(34)32(27(35)29-23)16-13-19-17-28-22-9-3-2-8-21(19)22/h2-3,8-9,17,20,23-24,28H,4-7,10-16,18H2,1H3,(H,29,35). The van der Waals surface area contributed by atoms with Gasteiger partial charge in [0.15, 0.2) is 0 Å². The van der Waals surface area contributed by atoms with E-state index in [0.29, 0.717) is 31.3 Å². The molecule has 1 aromatic carbocycles. The average molecular weight is 480 g/mol. The van der Waals surface area contributed by atoms with Gasteiger partial charge in [-0.25, -0.2) is 4.79 Å². The van der Waals surface area contributed by atoms with Crippen LogP contribution in [0.4, 0.5) is 4.79 Å². The van der Waals surface area contributed by atoms with Crippen molar-refractivity contribution in [1.29, 1.82) is 0 Å². The maximum Gasteiger partial charge on any atom is 0.324 e. The first kappa shape index (κ1) is 23.9. The minimum atomic E-state index is -0.619. The highest BCUT2D eigenvalue weighted by Crippen LogP contribution is 2.31. The van der Waals surface area contributed by atoms with Crippen LogP contribution < -0.4 is 5.32 Å². The highest BCUT2D eigenvalue weighted by atomic mass is 16.2. The van der Waals surface area contributed by atoms with Gasteiger partial charge in [0.1, 0.15) is 6.04 Å². The molecule has 35 heavy (non-hydrogen) atoms. The van der Waals surface area contributed by atoms with Gasteiger partial charge in [-0.05, 0) is 69.2 Å². The molecule has 3 saturated heterocycles. The molecule has 3 fully saturated rings. The molecule has 188 valence electrons. The number of piperidine rings is 2. The van der Waals surface area contributed by atoms with Gasteiger partial charge in [0, 0.05) is 49.7 Å². The minimum absolute atomic E-state index is 0.0530. The van der Waals surface area contributed by atoms with Gasteiger partial charge in [0.2, 0.25) is 5.91 Å². The number of hydrogen-bond acceptors (Lipinski definition) is 4. The Morgan fingerprint density at radius 3 is 2.83 bits per heavy atom. The van der Waals surface area contributed by atoms with Gasteiger partial charge in [0.25, 0.3) is 5.91 Å². The zero-order valence-corrected chi connectivity index (χ0v) is 20.7. The molecular formula is C27H37N5O3. The third-order valence-electron chi connectivity index (χ3n) is 8.20. The van der Waals surface area contributed by atoms with Gasteiger partial charge in [-0.15, -0.1) is 0 Å². The van der Waals surface area contributed by atoms with Crippen molar-refractivity contribution in [3.63, 3.8) is 0 Å². The smallest absolute Gasteiger partial charge is 0.324 e. The van der Waals surface area contributed by atoms with E-state index >= 15 is 0 Å². The molecule has 0 saturated carbocycles. The molecular weight excluding hydrogens is 442 g/mol. The number of fused-ring (bicyclic) bond motifs is 2. The Hall–Kier alpha value is -2.87. The van der Waals surface area contributed by atoms with Crippen LogP contribution in [0, 0.1) is 5.92 Å². The Kier molecular flexibility index (Phi) is 7.09. The molecule has 4 heterocycles. The first-order valence-corrected chi connectivity index (χ1v) is 13.2. The lowest BCUT2D eigenvalue weighted by atomic mass is 9.83. The number of rotatable bonds is 8. The SMILES string of the molecule is CN(CC1CCCN2CCCCC12)C(=O)CCC1NC(=O)N(CCc2c[nH]c3ccccc23)C1=O. The van der Waals surface area contributed by atoms with E-state index in [-0.39, 0.29) is 24.3 Å². The fraction of sp³-hybridized carbons (Fsp3) is 0.593. The van der Waals surface area contributed by atoms with Gasteiger partial charge < -0.3 is 20.1 Å². The Morgan fingerprint density at radius 2 is 1.94 bits per heavy atom. The monoisotopic (exact) mass is 479 g/mol. The molecule has 4 amide bonds. The Labute approximate surface area is 207 Å². The molecule has 0 radical (unpaired) electrons. The average Bonchev–Trinajstić information content (AvgIpc) is 3.41. The summed E-state index contributed by atoms with van der Waals surface area (Å²) in [5.41, 5.74) is 2.13. The number of amides is 4. The van der Waals surface area contributed by atoms with E-state index in [1.807, 2.05) is 42.4 Å². The number of aromatic nitrogens is 1. The lowest BCUT2D eigenvalue weighted by molar-refractivity contribution is -0.131. The van der Waals surface area contributed by atoms with Crippen LogP contribution in [0.25, 0.3) is 10.9 Å². The second-order valence-electron chi connectivity index (χ2n) is 10.4. The lowest BCUT2D eigenvalue weighted by Gasteiger charge is -2.45. The van der Waals surface area contributed by atoms with Crippen LogP contribution in [0.5, 0.6) is 0 Å². The molecule has 0 aliphatic carbocycles. The summed E-state index contributed by atoms with van der Waals surface area (Å²) in [4.78, 5) is 47.3. The van der Waals surface area contributed by atoms with Gasteiger partial charge in [-0.1, -0.05) is 24.6 Å². The molecule has 3 aliphatic heterocycles. The number of aromatic amines is 1. The van der Waals surface area contributed by atoms with E-state index < -0.39 is 6.04 Å². The van der Waals surface area contributed by atoms with Gasteiger partial charge in [-0.3, -0.25) is 14.5 Å². The number of H-pyrrole nitrogens is 1. The highest BCUT2D eigenvalue weighted by Gasteiger charge is 2.38. The third kappa shape index (κ3) is 5.08. The normalized spacial score (nSPS) is 25.1. The molecule has 0 spiro atoms. The van der Waals surface area contributed by atoms with Crippen molar-refractivity contribution < 1.29 is 14.4 Å². The second-order valence-corrected chi connectivity index (χ2v) is 10.4. The number of nitrogens with one attached hydrogen (secondary N) is 2. The predicted molar refractivity (Wildman–Crippen MR) is 135 cm³/mol. The van der Waals surface area contributed by atoms with Crippen LogP contribution in [0.1, 0.15) is 50.5 Å². The van der Waals surface area contributed by atoms with Crippen molar-refractivity contribution in [3.8, 4) is 0 Å². The summed E-state index contributed by atoms with van der Waals surface area (Å²) >= 11 is 0. The molecule has 2 aromatic rings. The summed E-state index contributed by atoms with van der Waals surface area (Å²) in [5.74, 6) is 0.360. The van der Waals surface area contributed by atoms with E-state index in [1.165, 1.54) is 50.1 Å². The molecule has 2 N–H and O–H groups in total. The van der Waals surface area contributed by atoms with Crippen molar-refractivity contribution in [3.05, 3.63) is 36.0 Å². The fourth-order valence-electron chi connectivity index (χ4n) is 6.26. The van der Waals surface area contributed by atoms with E-state index in [1.54, 1.807) is 0 Å². The molecule has 3 aliphatic rings. The number of carbonyl (C=O) groups is 3. The van der Waals surface area contributed by atoms with Crippen molar-refractivity contribution >= 4 is 28.7 Å². The summed E-state index contributed by atoms with van der Waals surface area (Å²) < 4.78 is 0. The first-order valence-electron chi connectivity index (χ1n) is 13.2. The van der Waals surface area contributed by atoms with Gasteiger partial charge in [0.05, 0.1) is 0 Å². The Bertz CT molecular complexity index is 1080. The summed E-state index contributed by atoms with van der Waals surface area (Å²) in [6.07, 6.45) is 9.35. The summed E-state index contributed by atoms with van der Waals surface area (Å²) in [5, 5.41) is 3.90. The second kappa shape index (κ2) is 10.4. The summed E-state index contributed by atoms with van der Waals surface area (Å²) in [6, 6.07) is 7.63. The molecule has 8 heteroatoms. The number of hydrogen-bond donors (Lipinski definition) is 2.